The molecule has 31 heavy (non-hydrogen) atoms. The van der Waals surface area contributed by atoms with E-state index in [0.29, 0.717) is 32.6 Å². The molecular formula is C24H15ClN2O4. The van der Waals surface area contributed by atoms with Crippen molar-refractivity contribution in [2.24, 2.45) is 0 Å². The average Bonchev–Trinajstić information content (AvgIpc) is 2.77. The largest absolute Gasteiger partial charge is 0.321 e. The number of carbonyl (C=O) groups excluding carboxylic acids is 1. The molecule has 0 amide bonds. The number of rotatable bonds is 5. The molecular weight excluding hydrogens is 416 g/mol. The molecule has 0 saturated carbocycles. The summed E-state index contributed by atoms with van der Waals surface area (Å²) in [6.07, 6.45) is 2.69. The average molecular weight is 431 g/mol. The van der Waals surface area contributed by atoms with Gasteiger partial charge in [-0.05, 0) is 35.4 Å². The molecule has 0 aliphatic rings. The van der Waals surface area contributed by atoms with Gasteiger partial charge in [-0.15, -0.1) is 0 Å². The van der Waals surface area contributed by atoms with Crippen molar-refractivity contribution in [2.45, 2.75) is 0 Å². The number of hydrogen-bond donors (Lipinski definition) is 1. The SMILES string of the molecule is O=C(C=Cc1cccc([N+](=O)[O-])c1)c1c(-c2ccccc2)c2cc(Cl)ccc2[nH]c1=O. The highest BCUT2D eigenvalue weighted by atomic mass is 35.5. The van der Waals surface area contributed by atoms with Crippen LogP contribution < -0.4 is 5.56 Å². The standard InChI is InChI=1S/C24H15ClN2O4/c25-17-10-11-20-19(14-17)22(16-6-2-1-3-7-16)23(24(29)26-20)21(28)12-9-15-5-4-8-18(13-15)27(30)31/h1-14H,(H,26,29). The lowest BCUT2D eigenvalue weighted by Gasteiger charge is -2.11. The van der Waals surface area contributed by atoms with Crippen LogP contribution in [0.2, 0.25) is 5.02 Å². The number of fused-ring (bicyclic) bond motifs is 1. The number of halogens is 1. The first-order chi connectivity index (χ1) is 14.9. The fraction of sp³-hybridized carbons (Fsp3) is 0. The number of nitrogens with zero attached hydrogens (tertiary/aromatic N) is 1. The molecule has 0 aliphatic carbocycles. The third kappa shape index (κ3) is 4.15. The van der Waals surface area contributed by atoms with Crippen LogP contribution in [0.15, 0.2) is 83.7 Å². The molecule has 4 rings (SSSR count). The van der Waals surface area contributed by atoms with Crippen LogP contribution in [0.5, 0.6) is 0 Å². The number of aromatic nitrogens is 1. The monoisotopic (exact) mass is 430 g/mol. The molecule has 7 heteroatoms. The highest BCUT2D eigenvalue weighted by Gasteiger charge is 2.19. The number of hydrogen-bond acceptors (Lipinski definition) is 4. The van der Waals surface area contributed by atoms with Crippen molar-refractivity contribution in [2.75, 3.05) is 0 Å². The van der Waals surface area contributed by atoms with E-state index in [-0.39, 0.29) is 11.3 Å². The van der Waals surface area contributed by atoms with Crippen LogP contribution in [0.4, 0.5) is 5.69 Å². The quantitative estimate of drug-likeness (QED) is 0.191. The minimum atomic E-state index is -0.526. The first-order valence-electron chi connectivity index (χ1n) is 9.32. The zero-order valence-electron chi connectivity index (χ0n) is 16.0. The van der Waals surface area contributed by atoms with Gasteiger partial charge in [0.25, 0.3) is 11.2 Å². The van der Waals surface area contributed by atoms with E-state index in [1.807, 2.05) is 30.3 Å². The zero-order valence-corrected chi connectivity index (χ0v) is 16.8. The van der Waals surface area contributed by atoms with E-state index in [4.69, 9.17) is 11.6 Å². The number of benzene rings is 3. The maximum absolute atomic E-state index is 13.1. The number of aromatic amines is 1. The van der Waals surface area contributed by atoms with Gasteiger partial charge in [0.15, 0.2) is 5.78 Å². The van der Waals surface area contributed by atoms with Gasteiger partial charge in [0.2, 0.25) is 0 Å². The number of nitrogens with one attached hydrogen (secondary N) is 1. The minimum Gasteiger partial charge on any atom is -0.321 e. The Labute approximate surface area is 181 Å². The fourth-order valence-corrected chi connectivity index (χ4v) is 3.57. The van der Waals surface area contributed by atoms with E-state index in [1.54, 1.807) is 24.3 Å². The second-order valence-electron chi connectivity index (χ2n) is 6.81. The van der Waals surface area contributed by atoms with E-state index in [9.17, 15) is 19.7 Å². The Bertz CT molecular complexity index is 1410. The second-order valence-corrected chi connectivity index (χ2v) is 7.25. The summed E-state index contributed by atoms with van der Waals surface area (Å²) < 4.78 is 0. The number of allylic oxidation sites excluding steroid dienone is 1. The van der Waals surface area contributed by atoms with Crippen LogP contribution in [0.3, 0.4) is 0 Å². The normalized spacial score (nSPS) is 11.1. The number of ketones is 1. The summed E-state index contributed by atoms with van der Waals surface area (Å²) in [6.45, 7) is 0. The maximum Gasteiger partial charge on any atom is 0.270 e. The summed E-state index contributed by atoms with van der Waals surface area (Å²) in [5.74, 6) is -0.520. The maximum atomic E-state index is 13.1. The van der Waals surface area contributed by atoms with Crippen LogP contribution in [0.1, 0.15) is 15.9 Å². The van der Waals surface area contributed by atoms with Gasteiger partial charge in [-0.1, -0.05) is 60.1 Å². The molecule has 0 atom stereocenters. The number of non-ortho nitro benzene ring substituents is 1. The topological polar surface area (TPSA) is 93.1 Å². The molecule has 1 aromatic heterocycles. The Morgan fingerprint density at radius 3 is 2.52 bits per heavy atom. The summed E-state index contributed by atoms with van der Waals surface area (Å²) in [5, 5.41) is 12.1. The molecule has 0 spiro atoms. The van der Waals surface area contributed by atoms with Gasteiger partial charge in [-0.3, -0.25) is 19.7 Å². The van der Waals surface area contributed by atoms with Crippen molar-refractivity contribution in [3.8, 4) is 11.1 Å². The Balaban J connectivity index is 1.88. The predicted molar refractivity (Wildman–Crippen MR) is 121 cm³/mol. The van der Waals surface area contributed by atoms with Crippen molar-refractivity contribution >= 4 is 40.1 Å². The van der Waals surface area contributed by atoms with Crippen molar-refractivity contribution in [1.82, 2.24) is 4.98 Å². The Hall–Kier alpha value is -4.03. The molecule has 1 N–H and O–H groups in total. The van der Waals surface area contributed by atoms with Crippen molar-refractivity contribution in [3.63, 3.8) is 0 Å². The van der Waals surface area contributed by atoms with E-state index in [2.05, 4.69) is 4.98 Å². The molecule has 0 fully saturated rings. The highest BCUT2D eigenvalue weighted by molar-refractivity contribution is 6.31. The van der Waals surface area contributed by atoms with Gasteiger partial charge in [-0.2, -0.15) is 0 Å². The van der Waals surface area contributed by atoms with Crippen molar-refractivity contribution in [3.05, 3.63) is 115 Å². The predicted octanol–water partition coefficient (Wildman–Crippen LogP) is 5.65. The molecule has 0 bridgehead atoms. The van der Waals surface area contributed by atoms with E-state index < -0.39 is 16.3 Å². The van der Waals surface area contributed by atoms with Crippen molar-refractivity contribution < 1.29 is 9.72 Å². The summed E-state index contributed by atoms with van der Waals surface area (Å²) in [7, 11) is 0. The molecule has 0 radical (unpaired) electrons. The molecule has 6 nitrogen and oxygen atoms in total. The lowest BCUT2D eigenvalue weighted by molar-refractivity contribution is -0.384. The Morgan fingerprint density at radius 2 is 1.77 bits per heavy atom. The smallest absolute Gasteiger partial charge is 0.270 e. The van der Waals surface area contributed by atoms with Crippen LogP contribution in [-0.2, 0) is 0 Å². The van der Waals surface area contributed by atoms with Gasteiger partial charge in [-0.25, -0.2) is 0 Å². The Morgan fingerprint density at radius 1 is 1.00 bits per heavy atom. The van der Waals surface area contributed by atoms with Crippen LogP contribution >= 0.6 is 11.6 Å². The number of H-pyrrole nitrogens is 1. The fourth-order valence-electron chi connectivity index (χ4n) is 3.40. The third-order valence-corrected chi connectivity index (χ3v) is 5.03. The highest BCUT2D eigenvalue weighted by Crippen LogP contribution is 2.31. The lowest BCUT2D eigenvalue weighted by Crippen LogP contribution is -2.18. The van der Waals surface area contributed by atoms with Gasteiger partial charge in [0.05, 0.1) is 10.5 Å². The first-order valence-corrected chi connectivity index (χ1v) is 9.69. The molecule has 152 valence electrons. The third-order valence-electron chi connectivity index (χ3n) is 4.79. The van der Waals surface area contributed by atoms with Gasteiger partial charge < -0.3 is 4.98 Å². The molecule has 4 aromatic rings. The number of nitro benzene ring substituents is 1. The molecule has 0 saturated heterocycles. The van der Waals surface area contributed by atoms with Gasteiger partial charge >= 0.3 is 0 Å². The minimum absolute atomic E-state index is 0.0253. The number of carbonyl (C=O) groups is 1. The van der Waals surface area contributed by atoms with E-state index >= 15 is 0 Å². The molecule has 3 aromatic carbocycles. The van der Waals surface area contributed by atoms with Crippen LogP contribution in [0.25, 0.3) is 28.1 Å². The van der Waals surface area contributed by atoms with Gasteiger partial charge in [0, 0.05) is 33.6 Å². The number of pyridine rings is 1. The zero-order chi connectivity index (χ0) is 22.0. The van der Waals surface area contributed by atoms with E-state index in [0.717, 1.165) is 0 Å². The molecule has 1 heterocycles. The van der Waals surface area contributed by atoms with Gasteiger partial charge in [0.1, 0.15) is 0 Å². The summed E-state index contributed by atoms with van der Waals surface area (Å²) >= 11 is 6.19. The van der Waals surface area contributed by atoms with Crippen LogP contribution in [-0.4, -0.2) is 15.7 Å². The molecule has 0 aliphatic heterocycles. The lowest BCUT2D eigenvalue weighted by atomic mass is 9.94. The Kier molecular flexibility index (Phi) is 5.47. The van der Waals surface area contributed by atoms with E-state index in [1.165, 1.54) is 30.4 Å². The van der Waals surface area contributed by atoms with Crippen molar-refractivity contribution in [1.29, 1.82) is 0 Å². The van der Waals surface area contributed by atoms with Crippen LogP contribution in [0, 0.1) is 10.1 Å². The summed E-state index contributed by atoms with van der Waals surface area (Å²) in [5.41, 5.74) is 1.59. The number of nitro groups is 1. The second kappa shape index (κ2) is 8.38. The summed E-state index contributed by atoms with van der Waals surface area (Å²) in [4.78, 5) is 39.2. The first kappa shape index (κ1) is 20.3. The molecule has 0 unspecified atom stereocenters. The summed E-state index contributed by atoms with van der Waals surface area (Å²) in [6, 6.07) is 20.1.